The van der Waals surface area contributed by atoms with Gasteiger partial charge in [-0.15, -0.1) is 0 Å². The van der Waals surface area contributed by atoms with Gasteiger partial charge in [-0.1, -0.05) is 69.3 Å². The summed E-state index contributed by atoms with van der Waals surface area (Å²) in [5.41, 5.74) is 7.39. The Bertz CT molecular complexity index is 1040. The normalized spacial score (nSPS) is 19.9. The van der Waals surface area contributed by atoms with E-state index in [0.717, 1.165) is 34.9 Å². The van der Waals surface area contributed by atoms with Gasteiger partial charge in [0.25, 0.3) is 5.24 Å². The molecule has 1 fully saturated rings. The van der Waals surface area contributed by atoms with E-state index < -0.39 is 0 Å². The summed E-state index contributed by atoms with van der Waals surface area (Å²) in [4.78, 5) is 25.1. The van der Waals surface area contributed by atoms with Crippen molar-refractivity contribution in [2.45, 2.75) is 64.8 Å². The number of thioether (sulfide) groups is 1. The number of halogens is 1. The monoisotopic (exact) mass is 441 g/mol. The van der Waals surface area contributed by atoms with Gasteiger partial charge in [0.15, 0.2) is 0 Å². The Labute approximate surface area is 188 Å². The molecule has 0 bridgehead atoms. The molecule has 30 heavy (non-hydrogen) atoms. The van der Waals surface area contributed by atoms with E-state index in [1.807, 2.05) is 18.2 Å². The van der Waals surface area contributed by atoms with Crippen LogP contribution in [0.5, 0.6) is 0 Å². The Hall–Kier alpha value is -1.78. The van der Waals surface area contributed by atoms with Crippen molar-refractivity contribution in [1.29, 1.82) is 0 Å². The van der Waals surface area contributed by atoms with Crippen LogP contribution in [-0.2, 0) is 22.2 Å². The minimum absolute atomic E-state index is 0.133. The molecule has 1 heterocycles. The van der Waals surface area contributed by atoms with Crippen LogP contribution in [0, 0.1) is 6.92 Å². The van der Waals surface area contributed by atoms with E-state index >= 15 is 0 Å². The van der Waals surface area contributed by atoms with Gasteiger partial charge in [0.2, 0.25) is 5.91 Å². The average Bonchev–Trinajstić information content (AvgIpc) is 2.98. The second kappa shape index (κ2) is 7.42. The van der Waals surface area contributed by atoms with Gasteiger partial charge in [0.1, 0.15) is 0 Å². The molecule has 0 atom stereocenters. The van der Waals surface area contributed by atoms with Gasteiger partial charge in [-0.25, -0.2) is 0 Å². The van der Waals surface area contributed by atoms with Crippen molar-refractivity contribution in [2.75, 3.05) is 5.75 Å². The number of fused-ring (bicyclic) bond motifs is 1. The zero-order valence-corrected chi connectivity index (χ0v) is 19.8. The highest BCUT2D eigenvalue weighted by Gasteiger charge is 2.37. The van der Waals surface area contributed by atoms with Crippen LogP contribution in [0.15, 0.2) is 30.3 Å². The van der Waals surface area contributed by atoms with E-state index in [0.29, 0.717) is 5.02 Å². The second-order valence-corrected chi connectivity index (χ2v) is 11.2. The first-order valence-corrected chi connectivity index (χ1v) is 11.8. The summed E-state index contributed by atoms with van der Waals surface area (Å²) in [6, 6.07) is 10.5. The third-order valence-corrected chi connectivity index (χ3v) is 7.87. The lowest BCUT2D eigenvalue weighted by Crippen LogP contribution is -2.34. The Morgan fingerprint density at radius 2 is 1.60 bits per heavy atom. The number of carbonyl (C=O) groups is 2. The smallest absolute Gasteiger partial charge is 0.273 e. The fraction of sp³-hybridized carbons (Fsp3) is 0.440. The van der Waals surface area contributed by atoms with Gasteiger partial charge in [-0.05, 0) is 70.5 Å². The van der Waals surface area contributed by atoms with Crippen LogP contribution in [-0.4, -0.2) is 21.8 Å². The van der Waals surface area contributed by atoms with Crippen LogP contribution in [0.2, 0.25) is 5.02 Å². The Kier molecular flexibility index (Phi) is 5.31. The predicted molar refractivity (Wildman–Crippen MR) is 125 cm³/mol. The summed E-state index contributed by atoms with van der Waals surface area (Å²) >= 11 is 7.77. The number of nitrogens with zero attached hydrogens (tertiary/aromatic N) is 1. The lowest BCUT2D eigenvalue weighted by molar-refractivity contribution is -0.125. The highest BCUT2D eigenvalue weighted by Crippen LogP contribution is 2.48. The largest absolute Gasteiger partial charge is 0.289 e. The topological polar surface area (TPSA) is 37.4 Å². The summed E-state index contributed by atoms with van der Waals surface area (Å²) in [6.07, 6.45) is 2.35. The number of aryl methyl sites for hydroxylation is 1. The molecule has 0 unspecified atom stereocenters. The van der Waals surface area contributed by atoms with E-state index in [1.165, 1.54) is 28.0 Å². The standard InChI is InChI=1S/C25H28ClNO2S/c1-15-10-19-20(25(4,5)9-8-24(19,2)3)12-18(15)17-7-6-16(11-21(17)26)13-27-22(28)14-30-23(27)29/h6-7,10-12H,8-9,13-14H2,1-5H3. The van der Waals surface area contributed by atoms with Crippen LogP contribution in [0.3, 0.4) is 0 Å². The third-order valence-electron chi connectivity index (χ3n) is 6.70. The molecule has 1 saturated heterocycles. The molecule has 2 amide bonds. The van der Waals surface area contributed by atoms with Crippen molar-refractivity contribution in [3.05, 3.63) is 57.6 Å². The number of rotatable bonds is 3. The molecule has 2 aromatic carbocycles. The van der Waals surface area contributed by atoms with Crippen LogP contribution < -0.4 is 0 Å². The zero-order valence-electron chi connectivity index (χ0n) is 18.3. The second-order valence-electron chi connectivity index (χ2n) is 9.83. The van der Waals surface area contributed by atoms with Crippen molar-refractivity contribution in [2.24, 2.45) is 0 Å². The van der Waals surface area contributed by atoms with Gasteiger partial charge in [-0.3, -0.25) is 14.5 Å². The maximum atomic E-state index is 11.9. The van der Waals surface area contributed by atoms with Gasteiger partial charge in [0.05, 0.1) is 12.3 Å². The summed E-state index contributed by atoms with van der Waals surface area (Å²) in [6.45, 7) is 11.7. The predicted octanol–water partition coefficient (Wildman–Crippen LogP) is 6.86. The van der Waals surface area contributed by atoms with E-state index in [4.69, 9.17) is 11.6 Å². The number of imide groups is 1. The quantitative estimate of drug-likeness (QED) is 0.522. The van der Waals surface area contributed by atoms with E-state index in [-0.39, 0.29) is 34.3 Å². The first-order valence-electron chi connectivity index (χ1n) is 10.4. The number of carbonyl (C=O) groups excluding carboxylic acids is 2. The minimum atomic E-state index is -0.185. The highest BCUT2D eigenvalue weighted by atomic mass is 35.5. The number of hydrogen-bond acceptors (Lipinski definition) is 3. The molecule has 0 radical (unpaired) electrons. The Morgan fingerprint density at radius 3 is 2.17 bits per heavy atom. The number of benzene rings is 2. The summed E-state index contributed by atoms with van der Waals surface area (Å²) in [7, 11) is 0. The molecule has 0 N–H and O–H groups in total. The molecule has 5 heteroatoms. The molecule has 2 aliphatic rings. The molecule has 2 aromatic rings. The van der Waals surface area contributed by atoms with Crippen molar-refractivity contribution in [3.63, 3.8) is 0 Å². The molecule has 0 saturated carbocycles. The van der Waals surface area contributed by atoms with E-state index in [9.17, 15) is 9.59 Å². The van der Waals surface area contributed by atoms with Crippen LogP contribution in [0.4, 0.5) is 4.79 Å². The lowest BCUT2D eigenvalue weighted by atomic mass is 9.62. The minimum Gasteiger partial charge on any atom is -0.273 e. The van der Waals surface area contributed by atoms with Crippen molar-refractivity contribution >= 4 is 34.5 Å². The molecular formula is C25H28ClNO2S. The molecule has 1 aliphatic heterocycles. The molecule has 4 rings (SSSR count). The zero-order chi connectivity index (χ0) is 21.8. The fourth-order valence-electron chi connectivity index (χ4n) is 4.60. The van der Waals surface area contributed by atoms with Crippen molar-refractivity contribution < 1.29 is 9.59 Å². The van der Waals surface area contributed by atoms with Crippen LogP contribution in [0.1, 0.15) is 62.8 Å². The van der Waals surface area contributed by atoms with Crippen LogP contribution >= 0.6 is 23.4 Å². The molecule has 3 nitrogen and oxygen atoms in total. The first kappa shape index (κ1) is 21.5. The fourth-order valence-corrected chi connectivity index (χ4v) is 5.63. The number of amides is 2. The SMILES string of the molecule is Cc1cc2c(cc1-c1ccc(CN3C(=O)CSC3=O)cc1Cl)C(C)(C)CCC2(C)C. The molecule has 1 aliphatic carbocycles. The lowest BCUT2D eigenvalue weighted by Gasteiger charge is -2.42. The van der Waals surface area contributed by atoms with Gasteiger partial charge in [-0.2, -0.15) is 0 Å². The third kappa shape index (κ3) is 3.69. The van der Waals surface area contributed by atoms with Gasteiger partial charge in [0, 0.05) is 10.6 Å². The van der Waals surface area contributed by atoms with Gasteiger partial charge < -0.3 is 0 Å². The molecular weight excluding hydrogens is 414 g/mol. The van der Waals surface area contributed by atoms with E-state index in [2.05, 4.69) is 46.8 Å². The summed E-state index contributed by atoms with van der Waals surface area (Å²) in [5, 5.41) is 0.464. The summed E-state index contributed by atoms with van der Waals surface area (Å²) < 4.78 is 0. The van der Waals surface area contributed by atoms with Gasteiger partial charge >= 0.3 is 0 Å². The molecule has 158 valence electrons. The highest BCUT2D eigenvalue weighted by molar-refractivity contribution is 8.14. The van der Waals surface area contributed by atoms with E-state index in [1.54, 1.807) is 0 Å². The Balaban J connectivity index is 1.73. The molecule has 0 spiro atoms. The summed E-state index contributed by atoms with van der Waals surface area (Å²) in [5.74, 6) is 0.0889. The van der Waals surface area contributed by atoms with Crippen molar-refractivity contribution in [1.82, 2.24) is 4.90 Å². The maximum Gasteiger partial charge on any atom is 0.289 e. The maximum absolute atomic E-state index is 11.9. The Morgan fingerprint density at radius 1 is 0.967 bits per heavy atom. The molecule has 0 aromatic heterocycles. The number of hydrogen-bond donors (Lipinski definition) is 0. The van der Waals surface area contributed by atoms with Crippen molar-refractivity contribution in [3.8, 4) is 11.1 Å². The first-order chi connectivity index (χ1) is 14.0. The van der Waals surface area contributed by atoms with Crippen LogP contribution in [0.25, 0.3) is 11.1 Å². The average molecular weight is 442 g/mol.